The second-order valence-electron chi connectivity index (χ2n) is 4.58. The van der Waals surface area contributed by atoms with E-state index in [9.17, 15) is 18.3 Å². The van der Waals surface area contributed by atoms with E-state index in [1.165, 1.54) is 6.07 Å². The van der Waals surface area contributed by atoms with Gasteiger partial charge in [0.05, 0.1) is 18.3 Å². The second kappa shape index (κ2) is 6.33. The van der Waals surface area contributed by atoms with E-state index in [1.54, 1.807) is 6.07 Å². The van der Waals surface area contributed by atoms with E-state index >= 15 is 0 Å². The zero-order chi connectivity index (χ0) is 14.3. The van der Waals surface area contributed by atoms with Crippen molar-refractivity contribution in [2.24, 2.45) is 0 Å². The number of carbonyl (C=O) groups excluding carboxylic acids is 1. The van der Waals surface area contributed by atoms with Crippen LogP contribution in [0.2, 0.25) is 0 Å². The van der Waals surface area contributed by atoms with Crippen LogP contribution in [0.15, 0.2) is 36.4 Å². The van der Waals surface area contributed by atoms with Crippen molar-refractivity contribution >= 4 is 33.0 Å². The predicted molar refractivity (Wildman–Crippen MR) is 76.0 cm³/mol. The minimum Gasteiger partial charge on any atom is -1.00 e. The third kappa shape index (κ3) is 3.16. The van der Waals surface area contributed by atoms with Gasteiger partial charge in [-0.2, -0.15) is 13.1 Å². The molecular weight excluding hydrogens is 319 g/mol. The van der Waals surface area contributed by atoms with Gasteiger partial charge in [-0.05, 0) is 22.9 Å². The fourth-order valence-corrected chi connectivity index (χ4v) is 3.69. The fraction of sp³-hybridized carbons (Fsp3) is 0.154. The number of nitrogens with zero attached hydrogens (tertiary/aromatic N) is 1. The molecule has 2 N–H and O–H groups in total. The minimum absolute atomic E-state index is 0. The molecule has 2 aromatic rings. The molecule has 1 fully saturated rings. The Morgan fingerprint density at radius 3 is 2.48 bits per heavy atom. The number of nitrogens with one attached hydrogen (secondary N) is 1. The van der Waals surface area contributed by atoms with Crippen LogP contribution in [-0.2, 0) is 15.0 Å². The van der Waals surface area contributed by atoms with Crippen LogP contribution in [0.1, 0.15) is 1.43 Å². The summed E-state index contributed by atoms with van der Waals surface area (Å²) in [4.78, 5) is 10.8. The van der Waals surface area contributed by atoms with Crippen LogP contribution in [0, 0.1) is 0 Å². The molecule has 1 unspecified atom stereocenters. The summed E-state index contributed by atoms with van der Waals surface area (Å²) in [6.07, 6.45) is 0.537. The molecular formula is C13H13KN2O4S. The van der Waals surface area contributed by atoms with Crippen molar-refractivity contribution in [2.45, 2.75) is 6.04 Å². The number of anilines is 1. The van der Waals surface area contributed by atoms with Gasteiger partial charge in [0.15, 0.2) is 0 Å². The van der Waals surface area contributed by atoms with E-state index in [0.29, 0.717) is 6.29 Å². The third-order valence-corrected chi connectivity index (χ3v) is 4.76. The number of hydrogen-bond donors (Lipinski definition) is 2. The van der Waals surface area contributed by atoms with Gasteiger partial charge in [-0.25, -0.2) is 0 Å². The molecule has 1 saturated heterocycles. The molecule has 0 saturated carbocycles. The zero-order valence-corrected chi connectivity index (χ0v) is 15.3. The maximum Gasteiger partial charge on any atom is 1.00 e. The van der Waals surface area contributed by atoms with E-state index in [4.69, 9.17) is 0 Å². The van der Waals surface area contributed by atoms with E-state index in [0.717, 1.165) is 15.1 Å². The van der Waals surface area contributed by atoms with Gasteiger partial charge in [-0.15, -0.1) is 0 Å². The number of carbonyl (C=O) groups is 1. The van der Waals surface area contributed by atoms with Crippen LogP contribution in [-0.4, -0.2) is 32.4 Å². The standard InChI is InChI=1S/C13H12N2O4S.K.H/c16-8-11-7-15(20(18,19)14-11)12-5-9-3-1-2-4-10(9)6-13(12)17;;/h1-6,8,11,14,17H,7H2;;/q;+1;-1. The van der Waals surface area contributed by atoms with Gasteiger partial charge in [-0.3, -0.25) is 4.31 Å². The molecule has 106 valence electrons. The number of fused-ring (bicyclic) bond motifs is 1. The van der Waals surface area contributed by atoms with Crippen LogP contribution in [0.3, 0.4) is 0 Å². The van der Waals surface area contributed by atoms with Crippen molar-refractivity contribution < 1.29 is 71.1 Å². The van der Waals surface area contributed by atoms with E-state index < -0.39 is 16.3 Å². The van der Waals surface area contributed by atoms with Gasteiger partial charge in [0.1, 0.15) is 12.0 Å². The summed E-state index contributed by atoms with van der Waals surface area (Å²) in [5.41, 5.74) is 0.167. The number of aromatic hydroxyl groups is 1. The molecule has 0 aliphatic carbocycles. The van der Waals surface area contributed by atoms with Gasteiger partial charge in [0, 0.05) is 0 Å². The van der Waals surface area contributed by atoms with Crippen molar-refractivity contribution in [1.29, 1.82) is 0 Å². The molecule has 1 aliphatic heterocycles. The first-order valence-corrected chi connectivity index (χ1v) is 7.42. The van der Waals surface area contributed by atoms with Crippen molar-refractivity contribution in [3.05, 3.63) is 36.4 Å². The smallest absolute Gasteiger partial charge is 1.00 e. The third-order valence-electron chi connectivity index (χ3n) is 3.23. The van der Waals surface area contributed by atoms with Crippen LogP contribution in [0.4, 0.5) is 5.69 Å². The number of phenols is 1. The Kier molecular flexibility index (Phi) is 5.09. The van der Waals surface area contributed by atoms with Crippen molar-refractivity contribution in [3.8, 4) is 5.75 Å². The molecule has 0 spiro atoms. The average molecular weight is 332 g/mol. The Balaban J connectivity index is 0.00000121. The largest absolute Gasteiger partial charge is 1.00 e. The molecule has 8 heteroatoms. The molecule has 3 rings (SSSR count). The number of aldehydes is 1. The van der Waals surface area contributed by atoms with Crippen LogP contribution >= 0.6 is 0 Å². The maximum atomic E-state index is 12.0. The average Bonchev–Trinajstić information content (AvgIpc) is 2.73. The molecule has 6 nitrogen and oxygen atoms in total. The maximum absolute atomic E-state index is 12.0. The van der Waals surface area contributed by atoms with Gasteiger partial charge in [0.2, 0.25) is 0 Å². The van der Waals surface area contributed by atoms with Crippen LogP contribution in [0.25, 0.3) is 10.8 Å². The van der Waals surface area contributed by atoms with Gasteiger partial charge in [-0.1, -0.05) is 24.3 Å². The summed E-state index contributed by atoms with van der Waals surface area (Å²) in [5, 5.41) is 11.7. The Bertz CT molecular complexity index is 800. The van der Waals surface area contributed by atoms with Crippen molar-refractivity contribution in [1.82, 2.24) is 4.72 Å². The first-order chi connectivity index (χ1) is 9.51. The Morgan fingerprint density at radius 1 is 1.29 bits per heavy atom. The zero-order valence-electron chi connectivity index (χ0n) is 12.4. The minimum atomic E-state index is -3.80. The normalized spacial score (nSPS) is 20.2. The van der Waals surface area contributed by atoms with Gasteiger partial charge < -0.3 is 11.3 Å². The Hall–Kier alpha value is -0.484. The number of hydrogen-bond acceptors (Lipinski definition) is 4. The van der Waals surface area contributed by atoms with Gasteiger partial charge in [0.25, 0.3) is 0 Å². The molecule has 0 amide bonds. The molecule has 0 radical (unpaired) electrons. The van der Waals surface area contributed by atoms with E-state index in [1.807, 2.05) is 24.3 Å². The molecule has 0 aromatic heterocycles. The summed E-state index contributed by atoms with van der Waals surface area (Å²) in [6, 6.07) is 9.61. The first kappa shape index (κ1) is 16.9. The molecule has 2 aromatic carbocycles. The number of phenolic OH excluding ortho intramolecular Hbond substituents is 1. The van der Waals surface area contributed by atoms with Crippen molar-refractivity contribution in [3.63, 3.8) is 0 Å². The summed E-state index contributed by atoms with van der Waals surface area (Å²) in [7, 11) is -3.80. The molecule has 1 heterocycles. The van der Waals surface area contributed by atoms with Gasteiger partial charge >= 0.3 is 61.6 Å². The molecule has 0 bridgehead atoms. The second-order valence-corrected chi connectivity index (χ2v) is 6.21. The van der Waals surface area contributed by atoms with Crippen LogP contribution < -0.4 is 60.4 Å². The number of benzene rings is 2. The predicted octanol–water partition coefficient (Wildman–Crippen LogP) is -2.12. The Labute approximate surface area is 166 Å². The summed E-state index contributed by atoms with van der Waals surface area (Å²) in [5.74, 6) is -0.138. The quantitative estimate of drug-likeness (QED) is 0.486. The van der Waals surface area contributed by atoms with Crippen LogP contribution in [0.5, 0.6) is 5.75 Å². The summed E-state index contributed by atoms with van der Waals surface area (Å²) < 4.78 is 27.2. The molecule has 21 heavy (non-hydrogen) atoms. The summed E-state index contributed by atoms with van der Waals surface area (Å²) in [6.45, 7) is -0.0300. The van der Waals surface area contributed by atoms with E-state index in [-0.39, 0.29) is 70.8 Å². The van der Waals surface area contributed by atoms with E-state index in [2.05, 4.69) is 4.72 Å². The molecule has 1 atom stereocenters. The topological polar surface area (TPSA) is 86.7 Å². The Morgan fingerprint density at radius 2 is 1.90 bits per heavy atom. The summed E-state index contributed by atoms with van der Waals surface area (Å²) >= 11 is 0. The fourth-order valence-electron chi connectivity index (χ4n) is 2.28. The number of rotatable bonds is 2. The molecule has 1 aliphatic rings. The SMILES string of the molecule is O=CC1CN(c2cc3ccccc3cc2O)S(=O)(=O)N1.[H-].[K+]. The first-order valence-electron chi connectivity index (χ1n) is 5.98. The monoisotopic (exact) mass is 332 g/mol. The van der Waals surface area contributed by atoms with Crippen molar-refractivity contribution in [2.75, 3.05) is 10.8 Å².